The maximum atomic E-state index is 8.75. The van der Waals surface area contributed by atoms with Gasteiger partial charge in [-0.25, -0.2) is 0 Å². The van der Waals surface area contributed by atoms with Gasteiger partial charge >= 0.3 is 0 Å². The number of nitriles is 2. The second-order valence-electron chi connectivity index (χ2n) is 3.05. The summed E-state index contributed by atoms with van der Waals surface area (Å²) in [6, 6.07) is 7.51. The smallest absolute Gasteiger partial charge is 0.146 e. The van der Waals surface area contributed by atoms with Crippen LogP contribution in [0.2, 0.25) is 0 Å². The van der Waals surface area contributed by atoms with E-state index in [1.54, 1.807) is 6.07 Å². The minimum atomic E-state index is 0.166. The molecule has 4 heteroatoms. The van der Waals surface area contributed by atoms with Crippen molar-refractivity contribution in [1.82, 2.24) is 5.32 Å². The van der Waals surface area contributed by atoms with Crippen molar-refractivity contribution in [3.63, 3.8) is 0 Å². The zero-order valence-corrected chi connectivity index (χ0v) is 9.08. The van der Waals surface area contributed by atoms with E-state index in [1.807, 2.05) is 42.8 Å². The third-order valence-electron chi connectivity index (χ3n) is 2.08. The Morgan fingerprint density at radius 2 is 1.81 bits per heavy atom. The first kappa shape index (κ1) is 10.2. The molecule has 0 saturated carbocycles. The minimum Gasteiger partial charge on any atom is -0.368 e. The topological polar surface area (TPSA) is 59.6 Å². The van der Waals surface area contributed by atoms with Crippen LogP contribution in [0.4, 0.5) is 0 Å². The van der Waals surface area contributed by atoms with Gasteiger partial charge in [-0.05, 0) is 29.9 Å². The van der Waals surface area contributed by atoms with Crippen molar-refractivity contribution in [1.29, 1.82) is 10.5 Å². The van der Waals surface area contributed by atoms with Crippen molar-refractivity contribution in [2.45, 2.75) is 0 Å². The third kappa shape index (κ3) is 1.88. The van der Waals surface area contributed by atoms with Gasteiger partial charge in [0, 0.05) is 16.9 Å². The van der Waals surface area contributed by atoms with Gasteiger partial charge in [-0.2, -0.15) is 10.5 Å². The van der Waals surface area contributed by atoms with Crippen molar-refractivity contribution in [3.8, 4) is 12.1 Å². The molecule has 1 aromatic heterocycles. The van der Waals surface area contributed by atoms with E-state index in [0.29, 0.717) is 4.53 Å². The molecule has 0 spiro atoms. The lowest BCUT2D eigenvalue weighted by Gasteiger charge is -1.98. The predicted molar refractivity (Wildman–Crippen MR) is 63.0 cm³/mol. The fourth-order valence-corrected chi connectivity index (χ4v) is 2.27. The first-order valence-electron chi connectivity index (χ1n) is 4.59. The van der Waals surface area contributed by atoms with Crippen molar-refractivity contribution in [3.05, 3.63) is 45.7 Å². The first-order valence-corrected chi connectivity index (χ1v) is 5.40. The third-order valence-corrected chi connectivity index (χ3v) is 3.23. The van der Waals surface area contributed by atoms with Crippen LogP contribution in [0.5, 0.6) is 0 Å². The van der Waals surface area contributed by atoms with E-state index in [0.717, 1.165) is 10.1 Å². The van der Waals surface area contributed by atoms with Gasteiger partial charge < -0.3 is 5.32 Å². The number of thiophene rings is 1. The Morgan fingerprint density at radius 1 is 1.12 bits per heavy atom. The Bertz CT molecular complexity index is 632. The highest BCUT2D eigenvalue weighted by Crippen LogP contribution is 2.02. The highest BCUT2D eigenvalue weighted by Gasteiger charge is 1.98. The highest BCUT2D eigenvalue weighted by atomic mass is 32.1. The Balaban J connectivity index is 2.66. The number of nitrogens with one attached hydrogen (secondary N) is 1. The van der Waals surface area contributed by atoms with Crippen LogP contribution in [0.15, 0.2) is 36.7 Å². The molecule has 1 aliphatic rings. The van der Waals surface area contributed by atoms with Gasteiger partial charge in [0.1, 0.15) is 17.7 Å². The molecule has 0 unspecified atom stereocenters. The summed E-state index contributed by atoms with van der Waals surface area (Å²) in [4.78, 5) is 0. The summed E-state index contributed by atoms with van der Waals surface area (Å²) in [5, 5.41) is 20.5. The van der Waals surface area contributed by atoms with Crippen LogP contribution >= 0.6 is 11.3 Å². The maximum Gasteiger partial charge on any atom is 0.146 e. The van der Waals surface area contributed by atoms with Crippen LogP contribution in [0, 0.1) is 22.7 Å². The van der Waals surface area contributed by atoms with Gasteiger partial charge in [-0.1, -0.05) is 0 Å². The van der Waals surface area contributed by atoms with Crippen molar-refractivity contribution in [2.75, 3.05) is 0 Å². The second kappa shape index (κ2) is 4.48. The van der Waals surface area contributed by atoms with E-state index in [2.05, 4.69) is 5.32 Å². The monoisotopic (exact) mass is 225 g/mol. The molecule has 0 aliphatic carbocycles. The molecule has 0 radical (unpaired) electrons. The number of dihydropyridines is 1. The summed E-state index contributed by atoms with van der Waals surface area (Å²) in [7, 11) is 0. The molecule has 0 bridgehead atoms. The maximum absolute atomic E-state index is 8.75. The fraction of sp³-hybridized carbons (Fsp3) is 0. The second-order valence-corrected chi connectivity index (χ2v) is 4.13. The molecule has 76 valence electrons. The lowest BCUT2D eigenvalue weighted by molar-refractivity contribution is 1.18. The molecule has 1 aliphatic heterocycles. The SMILES string of the molecule is N#CC(C#N)=c1ccc(=C2C=CNC=C2)s1. The standard InChI is InChI=1S/C12H7N3S/c13-7-10(8-14)12-2-1-11(16-12)9-3-5-15-6-4-9/h1-6,15H. The van der Waals surface area contributed by atoms with E-state index < -0.39 is 0 Å². The van der Waals surface area contributed by atoms with Gasteiger partial charge in [0.05, 0.1) is 4.53 Å². The summed E-state index contributed by atoms with van der Waals surface area (Å²) < 4.78 is 1.76. The fourth-order valence-electron chi connectivity index (χ4n) is 1.31. The van der Waals surface area contributed by atoms with Crippen molar-refractivity contribution < 1.29 is 0 Å². The summed E-state index contributed by atoms with van der Waals surface area (Å²) >= 11 is 1.45. The van der Waals surface area contributed by atoms with Gasteiger partial charge in [0.25, 0.3) is 0 Å². The molecule has 0 aromatic carbocycles. The first-order chi connectivity index (χ1) is 7.85. The Hall–Kier alpha value is -2.30. The molecular weight excluding hydrogens is 218 g/mol. The molecule has 0 amide bonds. The molecule has 3 nitrogen and oxygen atoms in total. The molecular formula is C12H7N3S. The zero-order chi connectivity index (χ0) is 11.4. The molecule has 2 heterocycles. The van der Waals surface area contributed by atoms with Crippen molar-refractivity contribution in [2.24, 2.45) is 0 Å². The predicted octanol–water partition coefficient (Wildman–Crippen LogP) is 0.727. The summed E-state index contributed by atoms with van der Waals surface area (Å²) in [5.74, 6) is 0. The number of allylic oxidation sites excluding steroid dienone is 2. The average molecular weight is 225 g/mol. The number of nitrogens with zero attached hydrogens (tertiary/aromatic N) is 2. The Morgan fingerprint density at radius 3 is 2.44 bits per heavy atom. The molecule has 1 N–H and O–H groups in total. The molecule has 2 rings (SSSR count). The number of hydrogen-bond donors (Lipinski definition) is 1. The molecule has 16 heavy (non-hydrogen) atoms. The number of rotatable bonds is 0. The lowest BCUT2D eigenvalue weighted by Crippen LogP contribution is -2.03. The average Bonchev–Trinajstić information content (AvgIpc) is 2.81. The summed E-state index contributed by atoms with van der Waals surface area (Å²) in [6.45, 7) is 0. The van der Waals surface area contributed by atoms with Crippen LogP contribution in [-0.4, -0.2) is 0 Å². The summed E-state index contributed by atoms with van der Waals surface area (Å²) in [6.07, 6.45) is 7.59. The van der Waals surface area contributed by atoms with Crippen LogP contribution in [-0.2, 0) is 0 Å². The van der Waals surface area contributed by atoms with Gasteiger partial charge in [0.2, 0.25) is 0 Å². The lowest BCUT2D eigenvalue weighted by atomic mass is 10.2. The van der Waals surface area contributed by atoms with Crippen LogP contribution in [0.1, 0.15) is 0 Å². The van der Waals surface area contributed by atoms with Gasteiger partial charge in [-0.3, -0.25) is 0 Å². The summed E-state index contributed by atoms with van der Waals surface area (Å²) in [5.41, 5.74) is 1.24. The molecule has 0 fully saturated rings. The van der Waals surface area contributed by atoms with E-state index in [4.69, 9.17) is 10.5 Å². The molecule has 0 atom stereocenters. The largest absolute Gasteiger partial charge is 0.368 e. The van der Waals surface area contributed by atoms with Crippen molar-refractivity contribution >= 4 is 22.5 Å². The van der Waals surface area contributed by atoms with Gasteiger partial charge in [-0.15, -0.1) is 11.3 Å². The van der Waals surface area contributed by atoms with Crippen LogP contribution in [0.25, 0.3) is 11.1 Å². The highest BCUT2D eigenvalue weighted by molar-refractivity contribution is 7.08. The quantitative estimate of drug-likeness (QED) is 0.708. The van der Waals surface area contributed by atoms with Crippen LogP contribution in [0.3, 0.4) is 0 Å². The Kier molecular flexibility index (Phi) is 2.86. The van der Waals surface area contributed by atoms with E-state index in [9.17, 15) is 0 Å². The van der Waals surface area contributed by atoms with Gasteiger partial charge in [0.15, 0.2) is 0 Å². The van der Waals surface area contributed by atoms with Crippen LogP contribution < -0.4 is 14.4 Å². The minimum absolute atomic E-state index is 0.166. The Labute approximate surface area is 96.6 Å². The van der Waals surface area contributed by atoms with E-state index in [-0.39, 0.29) is 5.57 Å². The number of hydrogen-bond acceptors (Lipinski definition) is 4. The molecule has 1 aromatic rings. The zero-order valence-electron chi connectivity index (χ0n) is 8.27. The normalized spacial score (nSPS) is 12.8. The molecule has 0 saturated heterocycles. The van der Waals surface area contributed by atoms with E-state index in [1.165, 1.54) is 11.3 Å². The van der Waals surface area contributed by atoms with E-state index >= 15 is 0 Å².